The molecule has 0 aromatic heterocycles. The molecule has 1 aromatic rings. The van der Waals surface area contributed by atoms with Crippen molar-refractivity contribution >= 4 is 20.9 Å². The third-order valence-corrected chi connectivity index (χ3v) is 8.01. The van der Waals surface area contributed by atoms with Gasteiger partial charge in [-0.1, -0.05) is 32.9 Å². The van der Waals surface area contributed by atoms with Gasteiger partial charge in [-0.15, -0.1) is 0 Å². The molecule has 2 N–H and O–H groups in total. The van der Waals surface area contributed by atoms with E-state index in [1.54, 1.807) is 18.2 Å². The molecule has 0 radical (unpaired) electrons. The van der Waals surface area contributed by atoms with Crippen molar-refractivity contribution in [2.24, 2.45) is 0 Å². The highest BCUT2D eigenvalue weighted by molar-refractivity contribution is 6.74. The Bertz CT molecular complexity index is 441. The molecule has 0 saturated heterocycles. The maximum absolute atomic E-state index is 9.35. The Morgan fingerprint density at radius 2 is 1.74 bits per heavy atom. The lowest BCUT2D eigenvalue weighted by Gasteiger charge is -2.37. The zero-order valence-electron chi connectivity index (χ0n) is 12.5. The highest BCUT2D eigenvalue weighted by Crippen LogP contribution is 2.39. The van der Waals surface area contributed by atoms with Gasteiger partial charge in [0.15, 0.2) is 5.75 Å². The monoisotopic (exact) mass is 282 g/mol. The van der Waals surface area contributed by atoms with E-state index in [1.165, 1.54) is 7.11 Å². The van der Waals surface area contributed by atoms with Crippen LogP contribution < -0.4 is 14.6 Å². The van der Waals surface area contributed by atoms with Crippen molar-refractivity contribution in [3.05, 3.63) is 18.2 Å². The van der Waals surface area contributed by atoms with Gasteiger partial charge < -0.3 is 19.2 Å². The minimum absolute atomic E-state index is 0.0614. The molecule has 0 aliphatic rings. The normalized spacial score (nSPS) is 12.2. The summed E-state index contributed by atoms with van der Waals surface area (Å²) in [5.74, 6) is 0.960. The van der Waals surface area contributed by atoms with Gasteiger partial charge in [0.25, 0.3) is 8.32 Å². The van der Waals surface area contributed by atoms with Crippen LogP contribution in [0.25, 0.3) is 0 Å². The van der Waals surface area contributed by atoms with Gasteiger partial charge in [0.1, 0.15) is 5.75 Å². The first-order valence-electron chi connectivity index (χ1n) is 6.32. The minimum Gasteiger partial charge on any atom is -0.541 e. The van der Waals surface area contributed by atoms with E-state index in [-0.39, 0.29) is 5.04 Å². The molecule has 0 bridgehead atoms. The lowest BCUT2D eigenvalue weighted by Crippen LogP contribution is -2.44. The van der Waals surface area contributed by atoms with E-state index < -0.39 is 15.4 Å². The average molecular weight is 282 g/mol. The Morgan fingerprint density at radius 3 is 2.16 bits per heavy atom. The first-order chi connectivity index (χ1) is 8.60. The van der Waals surface area contributed by atoms with Crippen molar-refractivity contribution < 1.29 is 19.2 Å². The Kier molecular flexibility index (Phi) is 4.71. The molecule has 1 rings (SSSR count). The number of para-hydroxylation sites is 1. The quantitative estimate of drug-likeness (QED) is 0.826. The Labute approximate surface area is 116 Å². The predicted molar refractivity (Wildman–Crippen MR) is 80.6 cm³/mol. The fraction of sp³-hybridized carbons (Fsp3) is 0.538. The Balaban J connectivity index is 3.19. The Hall–Kier alpha value is -0.978. The smallest absolute Gasteiger partial charge is 0.492 e. The number of hydrogen-bond acceptors (Lipinski definition) is 4. The van der Waals surface area contributed by atoms with E-state index >= 15 is 0 Å². The molecule has 1 aromatic carbocycles. The van der Waals surface area contributed by atoms with Crippen molar-refractivity contribution in [2.75, 3.05) is 7.11 Å². The predicted octanol–water partition coefficient (Wildman–Crippen LogP) is 1.76. The summed E-state index contributed by atoms with van der Waals surface area (Å²) in [4.78, 5) is 0. The molecule has 0 saturated carbocycles. The summed E-state index contributed by atoms with van der Waals surface area (Å²) in [5, 5.41) is 18.8. The summed E-state index contributed by atoms with van der Waals surface area (Å²) in [5.41, 5.74) is 0.318. The van der Waals surface area contributed by atoms with Crippen molar-refractivity contribution in [3.63, 3.8) is 0 Å². The fourth-order valence-corrected chi connectivity index (χ4v) is 2.48. The van der Waals surface area contributed by atoms with Gasteiger partial charge >= 0.3 is 7.12 Å². The third-order valence-electron chi connectivity index (χ3n) is 3.66. The van der Waals surface area contributed by atoms with Crippen molar-refractivity contribution in [2.45, 2.75) is 38.9 Å². The van der Waals surface area contributed by atoms with Crippen molar-refractivity contribution in [1.82, 2.24) is 0 Å². The third kappa shape index (κ3) is 3.52. The standard InChI is InChI=1S/C13H23BO4Si/c1-13(2,3)19(5,6)18-11-9-7-8-10(14(15)16)12(11)17-4/h7-9,15-16H,1-6H3. The Morgan fingerprint density at radius 1 is 1.16 bits per heavy atom. The number of methoxy groups -OCH3 is 1. The van der Waals surface area contributed by atoms with Gasteiger partial charge in [-0.05, 0) is 24.2 Å². The van der Waals surface area contributed by atoms with Crippen LogP contribution in [0, 0.1) is 0 Å². The number of benzene rings is 1. The van der Waals surface area contributed by atoms with Gasteiger partial charge in [-0.3, -0.25) is 0 Å². The molecule has 0 unspecified atom stereocenters. The second-order valence-corrected chi connectivity index (χ2v) is 10.8. The second kappa shape index (κ2) is 5.56. The fourth-order valence-electron chi connectivity index (χ4n) is 1.46. The molecule has 6 heteroatoms. The van der Waals surface area contributed by atoms with Crippen LogP contribution in [0.1, 0.15) is 20.8 Å². The highest BCUT2D eigenvalue weighted by atomic mass is 28.4. The molecular formula is C13H23BO4Si. The summed E-state index contributed by atoms with van der Waals surface area (Å²) in [6.07, 6.45) is 0. The molecule has 106 valence electrons. The van der Waals surface area contributed by atoms with Crippen LogP contribution in [0.2, 0.25) is 18.1 Å². The van der Waals surface area contributed by atoms with E-state index in [9.17, 15) is 10.0 Å². The van der Waals surface area contributed by atoms with Crippen LogP contribution in [0.15, 0.2) is 18.2 Å². The number of ether oxygens (including phenoxy) is 1. The van der Waals surface area contributed by atoms with Crippen molar-refractivity contribution in [1.29, 1.82) is 0 Å². The lowest BCUT2D eigenvalue weighted by molar-refractivity contribution is 0.381. The summed E-state index contributed by atoms with van der Waals surface area (Å²) in [7, 11) is -2.07. The molecular weight excluding hydrogens is 259 g/mol. The molecule has 0 atom stereocenters. The highest BCUT2D eigenvalue weighted by Gasteiger charge is 2.39. The van der Waals surface area contributed by atoms with E-state index in [2.05, 4.69) is 33.9 Å². The minimum atomic E-state index is -1.99. The average Bonchev–Trinajstić information content (AvgIpc) is 2.26. The zero-order valence-corrected chi connectivity index (χ0v) is 13.5. The van der Waals surface area contributed by atoms with Crippen LogP contribution in [-0.4, -0.2) is 32.6 Å². The van der Waals surface area contributed by atoms with Gasteiger partial charge in [-0.2, -0.15) is 0 Å². The van der Waals surface area contributed by atoms with Crippen molar-refractivity contribution in [3.8, 4) is 11.5 Å². The van der Waals surface area contributed by atoms with Gasteiger partial charge in [0.2, 0.25) is 0 Å². The molecule has 0 heterocycles. The van der Waals surface area contributed by atoms with Gasteiger partial charge in [-0.25, -0.2) is 0 Å². The van der Waals surface area contributed by atoms with Crippen LogP contribution in [-0.2, 0) is 0 Å². The van der Waals surface area contributed by atoms with E-state index in [0.717, 1.165) is 0 Å². The maximum atomic E-state index is 9.35. The molecule has 0 aliphatic heterocycles. The summed E-state index contributed by atoms with van der Waals surface area (Å²) >= 11 is 0. The molecule has 0 aliphatic carbocycles. The summed E-state index contributed by atoms with van der Waals surface area (Å²) < 4.78 is 11.4. The van der Waals surface area contributed by atoms with E-state index in [1.807, 2.05) is 0 Å². The molecule has 4 nitrogen and oxygen atoms in total. The summed E-state index contributed by atoms with van der Waals surface area (Å²) in [6.45, 7) is 10.7. The van der Waals surface area contributed by atoms with Gasteiger partial charge in [0, 0.05) is 5.46 Å². The number of rotatable bonds is 4. The summed E-state index contributed by atoms with van der Waals surface area (Å²) in [6, 6.07) is 5.15. The topological polar surface area (TPSA) is 58.9 Å². The first kappa shape index (κ1) is 16.1. The SMILES string of the molecule is COc1c(O[Si](C)(C)C(C)(C)C)cccc1B(O)O. The molecule has 0 spiro atoms. The van der Waals surface area contributed by atoms with Crippen LogP contribution in [0.4, 0.5) is 0 Å². The first-order valence-corrected chi connectivity index (χ1v) is 9.23. The van der Waals surface area contributed by atoms with E-state index in [0.29, 0.717) is 17.0 Å². The molecule has 0 amide bonds. The lowest BCUT2D eigenvalue weighted by atomic mass is 9.79. The largest absolute Gasteiger partial charge is 0.541 e. The number of hydrogen-bond donors (Lipinski definition) is 2. The zero-order chi connectivity index (χ0) is 14.8. The van der Waals surface area contributed by atoms with Crippen LogP contribution in [0.3, 0.4) is 0 Å². The molecule has 19 heavy (non-hydrogen) atoms. The maximum Gasteiger partial charge on any atom is 0.492 e. The van der Waals surface area contributed by atoms with Gasteiger partial charge in [0.05, 0.1) is 7.11 Å². The van der Waals surface area contributed by atoms with E-state index in [4.69, 9.17) is 9.16 Å². The molecule has 0 fully saturated rings. The van der Waals surface area contributed by atoms with Crippen LogP contribution in [0.5, 0.6) is 11.5 Å². The van der Waals surface area contributed by atoms with Crippen LogP contribution >= 0.6 is 0 Å². The second-order valence-electron chi connectivity index (χ2n) is 6.11.